The van der Waals surface area contributed by atoms with Crippen molar-refractivity contribution in [3.8, 4) is 0 Å². The van der Waals surface area contributed by atoms with Crippen molar-refractivity contribution in [1.82, 2.24) is 5.32 Å². The zero-order valence-corrected chi connectivity index (χ0v) is 11.4. The lowest BCUT2D eigenvalue weighted by atomic mass is 9.86. The van der Waals surface area contributed by atoms with Crippen molar-refractivity contribution in [2.45, 2.75) is 58.6 Å². The molecule has 0 bridgehead atoms. The van der Waals surface area contributed by atoms with Crippen molar-refractivity contribution in [3.63, 3.8) is 0 Å². The summed E-state index contributed by atoms with van der Waals surface area (Å²) in [6, 6.07) is -0.852. The molecule has 1 aliphatic rings. The van der Waals surface area contributed by atoms with Crippen LogP contribution in [0.15, 0.2) is 0 Å². The van der Waals surface area contributed by atoms with Crippen LogP contribution in [0.2, 0.25) is 0 Å². The Bertz CT molecular complexity index is 303. The van der Waals surface area contributed by atoms with Gasteiger partial charge in [0.15, 0.2) is 0 Å². The Kier molecular flexibility index (Phi) is 5.14. The van der Waals surface area contributed by atoms with Crippen molar-refractivity contribution in [2.75, 3.05) is 6.61 Å². The van der Waals surface area contributed by atoms with Crippen LogP contribution < -0.4 is 5.32 Å². The highest BCUT2D eigenvalue weighted by Crippen LogP contribution is 2.20. The minimum Gasteiger partial charge on any atom is -0.480 e. The predicted molar refractivity (Wildman–Crippen MR) is 67.2 cm³/mol. The second-order valence-electron chi connectivity index (χ2n) is 5.88. The lowest BCUT2D eigenvalue weighted by molar-refractivity contribution is -0.145. The SMILES string of the molecule is CC(C)(C)[C@@H](NC(=O)CCC1CCCO1)C(=O)O. The molecule has 0 aliphatic carbocycles. The van der Waals surface area contributed by atoms with Crippen LogP contribution in [0.4, 0.5) is 0 Å². The van der Waals surface area contributed by atoms with E-state index in [0.717, 1.165) is 19.4 Å². The van der Waals surface area contributed by atoms with E-state index >= 15 is 0 Å². The largest absolute Gasteiger partial charge is 0.480 e. The first kappa shape index (κ1) is 15.0. The van der Waals surface area contributed by atoms with Crippen LogP contribution >= 0.6 is 0 Å². The lowest BCUT2D eigenvalue weighted by Crippen LogP contribution is -2.49. The monoisotopic (exact) mass is 257 g/mol. The molecule has 0 spiro atoms. The van der Waals surface area contributed by atoms with Gasteiger partial charge in [-0.1, -0.05) is 20.8 Å². The third kappa shape index (κ3) is 4.64. The summed E-state index contributed by atoms with van der Waals surface area (Å²) in [7, 11) is 0. The highest BCUT2D eigenvalue weighted by atomic mass is 16.5. The van der Waals surface area contributed by atoms with Gasteiger partial charge in [-0.25, -0.2) is 4.79 Å². The molecule has 1 unspecified atom stereocenters. The number of aliphatic carboxylic acids is 1. The molecule has 1 saturated heterocycles. The molecule has 0 saturated carbocycles. The highest BCUT2D eigenvalue weighted by molar-refractivity contribution is 5.84. The minimum atomic E-state index is -0.993. The van der Waals surface area contributed by atoms with Crippen molar-refractivity contribution in [1.29, 1.82) is 0 Å². The summed E-state index contributed by atoms with van der Waals surface area (Å²) in [5, 5.41) is 11.7. The molecule has 1 fully saturated rings. The number of carbonyl (C=O) groups excluding carboxylic acids is 1. The van der Waals surface area contributed by atoms with Gasteiger partial charge in [-0.05, 0) is 24.7 Å². The zero-order valence-electron chi connectivity index (χ0n) is 11.4. The van der Waals surface area contributed by atoms with Gasteiger partial charge in [0.05, 0.1) is 6.10 Å². The first-order chi connectivity index (χ1) is 8.30. The maximum absolute atomic E-state index is 11.7. The van der Waals surface area contributed by atoms with E-state index in [4.69, 9.17) is 9.84 Å². The third-order valence-corrected chi connectivity index (χ3v) is 3.14. The van der Waals surface area contributed by atoms with Crippen LogP contribution in [0.5, 0.6) is 0 Å². The molecule has 18 heavy (non-hydrogen) atoms. The summed E-state index contributed by atoms with van der Waals surface area (Å²) in [5.41, 5.74) is -0.495. The Morgan fingerprint density at radius 2 is 2.11 bits per heavy atom. The van der Waals surface area contributed by atoms with E-state index in [-0.39, 0.29) is 12.0 Å². The lowest BCUT2D eigenvalue weighted by Gasteiger charge is -2.27. The van der Waals surface area contributed by atoms with Gasteiger partial charge < -0.3 is 15.2 Å². The molecule has 0 aromatic carbocycles. The van der Waals surface area contributed by atoms with Crippen molar-refractivity contribution in [3.05, 3.63) is 0 Å². The Hall–Kier alpha value is -1.10. The molecular formula is C13H23NO4. The Balaban J connectivity index is 2.39. The highest BCUT2D eigenvalue weighted by Gasteiger charge is 2.32. The van der Waals surface area contributed by atoms with Gasteiger partial charge in [0.1, 0.15) is 6.04 Å². The molecule has 1 heterocycles. The van der Waals surface area contributed by atoms with Crippen molar-refractivity contribution in [2.24, 2.45) is 5.41 Å². The van der Waals surface area contributed by atoms with Gasteiger partial charge in [-0.3, -0.25) is 4.79 Å². The average Bonchev–Trinajstić information content (AvgIpc) is 2.73. The summed E-state index contributed by atoms with van der Waals surface area (Å²) in [5.74, 6) is -1.21. The van der Waals surface area contributed by atoms with Gasteiger partial charge in [0.2, 0.25) is 5.91 Å². The number of ether oxygens (including phenoxy) is 1. The molecule has 1 amide bonds. The smallest absolute Gasteiger partial charge is 0.326 e. The molecule has 2 atom stereocenters. The van der Waals surface area contributed by atoms with Gasteiger partial charge in [-0.15, -0.1) is 0 Å². The van der Waals surface area contributed by atoms with E-state index in [0.29, 0.717) is 12.8 Å². The second kappa shape index (κ2) is 6.18. The van der Waals surface area contributed by atoms with Gasteiger partial charge >= 0.3 is 5.97 Å². The number of rotatable bonds is 5. The average molecular weight is 257 g/mol. The molecule has 1 aliphatic heterocycles. The van der Waals surface area contributed by atoms with Gasteiger partial charge in [0.25, 0.3) is 0 Å². The summed E-state index contributed by atoms with van der Waals surface area (Å²) < 4.78 is 5.43. The molecular weight excluding hydrogens is 234 g/mol. The first-order valence-corrected chi connectivity index (χ1v) is 6.44. The fourth-order valence-electron chi connectivity index (χ4n) is 2.05. The number of hydrogen-bond donors (Lipinski definition) is 2. The van der Waals surface area contributed by atoms with E-state index in [9.17, 15) is 9.59 Å². The Labute approximate surface area is 108 Å². The molecule has 104 valence electrons. The van der Waals surface area contributed by atoms with Crippen LogP contribution in [-0.4, -0.2) is 35.7 Å². The van der Waals surface area contributed by atoms with Gasteiger partial charge in [-0.2, -0.15) is 0 Å². The first-order valence-electron chi connectivity index (χ1n) is 6.44. The number of carboxylic acid groups (broad SMARTS) is 1. The predicted octanol–water partition coefficient (Wildman–Crippen LogP) is 1.56. The minimum absolute atomic E-state index is 0.161. The number of hydrogen-bond acceptors (Lipinski definition) is 3. The van der Waals surface area contributed by atoms with Crippen LogP contribution in [0, 0.1) is 5.41 Å². The van der Waals surface area contributed by atoms with E-state index < -0.39 is 17.4 Å². The molecule has 2 N–H and O–H groups in total. The maximum atomic E-state index is 11.7. The number of carboxylic acids is 1. The fraction of sp³-hybridized carbons (Fsp3) is 0.846. The summed E-state index contributed by atoms with van der Waals surface area (Å²) >= 11 is 0. The standard InChI is InChI=1S/C13H23NO4/c1-13(2,3)11(12(16)17)14-10(15)7-6-9-5-4-8-18-9/h9,11H,4-8H2,1-3H3,(H,14,15)(H,16,17)/t9?,11-/m0/s1. The third-order valence-electron chi connectivity index (χ3n) is 3.14. The van der Waals surface area contributed by atoms with Crippen molar-refractivity contribution >= 4 is 11.9 Å². The normalized spacial score (nSPS) is 21.6. The molecule has 0 aromatic rings. The molecule has 0 aromatic heterocycles. The summed E-state index contributed by atoms with van der Waals surface area (Å²) in [6.45, 7) is 6.16. The second-order valence-corrected chi connectivity index (χ2v) is 5.88. The van der Waals surface area contributed by atoms with Crippen LogP contribution in [0.3, 0.4) is 0 Å². The zero-order chi connectivity index (χ0) is 13.8. The van der Waals surface area contributed by atoms with Crippen LogP contribution in [0.25, 0.3) is 0 Å². The fourth-order valence-corrected chi connectivity index (χ4v) is 2.05. The maximum Gasteiger partial charge on any atom is 0.326 e. The number of nitrogens with one attached hydrogen (secondary N) is 1. The van der Waals surface area contributed by atoms with E-state index in [1.807, 2.05) is 0 Å². The van der Waals surface area contributed by atoms with Crippen LogP contribution in [0.1, 0.15) is 46.5 Å². The summed E-state index contributed by atoms with van der Waals surface area (Å²) in [6.07, 6.45) is 3.20. The Morgan fingerprint density at radius 3 is 2.56 bits per heavy atom. The van der Waals surface area contributed by atoms with E-state index in [2.05, 4.69) is 5.32 Å². The van der Waals surface area contributed by atoms with E-state index in [1.54, 1.807) is 20.8 Å². The molecule has 5 nitrogen and oxygen atoms in total. The van der Waals surface area contributed by atoms with Gasteiger partial charge in [0, 0.05) is 13.0 Å². The number of carbonyl (C=O) groups is 2. The topological polar surface area (TPSA) is 75.6 Å². The van der Waals surface area contributed by atoms with Crippen LogP contribution in [-0.2, 0) is 14.3 Å². The summed E-state index contributed by atoms with van der Waals surface area (Å²) in [4.78, 5) is 22.8. The molecule has 5 heteroatoms. The molecule has 1 rings (SSSR count). The Morgan fingerprint density at radius 1 is 1.44 bits per heavy atom. The van der Waals surface area contributed by atoms with Crippen molar-refractivity contribution < 1.29 is 19.4 Å². The molecule has 0 radical (unpaired) electrons. The van der Waals surface area contributed by atoms with E-state index in [1.165, 1.54) is 0 Å². The quantitative estimate of drug-likeness (QED) is 0.783. The number of amides is 1.